The average Bonchev–Trinajstić information content (AvgIpc) is 2.95. The lowest BCUT2D eigenvalue weighted by Crippen LogP contribution is -2.10. The molecule has 96 valence electrons. The molecule has 0 unspecified atom stereocenters. The number of methoxy groups -OCH3 is 1. The van der Waals surface area contributed by atoms with Crippen molar-refractivity contribution in [2.45, 2.75) is 19.6 Å². The number of carbonyl (C=O) groups is 1. The monoisotopic (exact) mass is 267 g/mol. The van der Waals surface area contributed by atoms with Gasteiger partial charge in [-0.1, -0.05) is 5.21 Å². The molecule has 1 N–H and O–H groups in total. The van der Waals surface area contributed by atoms with Crippen LogP contribution in [0.2, 0.25) is 0 Å². The Hall–Kier alpha value is -1.73. The summed E-state index contributed by atoms with van der Waals surface area (Å²) in [6, 6.07) is 2.04. The summed E-state index contributed by atoms with van der Waals surface area (Å²) in [6.45, 7) is 0.786. The fourth-order valence-electron chi connectivity index (χ4n) is 1.63. The van der Waals surface area contributed by atoms with E-state index in [1.54, 1.807) is 16.0 Å². The van der Waals surface area contributed by atoms with E-state index in [1.165, 1.54) is 12.7 Å². The minimum atomic E-state index is -1.08. The number of rotatable bonds is 6. The summed E-state index contributed by atoms with van der Waals surface area (Å²) in [6.07, 6.45) is 0.794. The van der Waals surface area contributed by atoms with Gasteiger partial charge < -0.3 is 9.84 Å². The fourth-order valence-corrected chi connectivity index (χ4v) is 2.33. The van der Waals surface area contributed by atoms with Crippen LogP contribution in [-0.2, 0) is 24.3 Å². The zero-order valence-corrected chi connectivity index (χ0v) is 10.7. The molecule has 0 amide bonds. The summed E-state index contributed by atoms with van der Waals surface area (Å²) in [5, 5.41) is 20.6. The van der Waals surface area contributed by atoms with Crippen LogP contribution in [0.25, 0.3) is 0 Å². The van der Waals surface area contributed by atoms with Crippen LogP contribution >= 0.6 is 11.3 Å². The standard InChI is InChI=1S/C11H13N3O3S/c1-17-6-9-10(11(15)16)12-13-14(9)4-2-8-3-5-18-7-8/h3,5,7H,2,4,6H2,1H3,(H,15,16). The summed E-state index contributed by atoms with van der Waals surface area (Å²) in [5.74, 6) is -1.08. The van der Waals surface area contributed by atoms with Crippen LogP contribution in [0.15, 0.2) is 16.8 Å². The number of carboxylic acid groups (broad SMARTS) is 1. The maximum absolute atomic E-state index is 11.0. The highest BCUT2D eigenvalue weighted by atomic mass is 32.1. The second-order valence-corrected chi connectivity index (χ2v) is 4.51. The first-order valence-corrected chi connectivity index (χ1v) is 6.32. The topological polar surface area (TPSA) is 77.2 Å². The van der Waals surface area contributed by atoms with Gasteiger partial charge in [0, 0.05) is 13.7 Å². The Morgan fingerprint density at radius 2 is 2.44 bits per heavy atom. The van der Waals surface area contributed by atoms with E-state index in [0.717, 1.165) is 6.42 Å². The van der Waals surface area contributed by atoms with Gasteiger partial charge in [0.05, 0.1) is 12.3 Å². The van der Waals surface area contributed by atoms with Gasteiger partial charge >= 0.3 is 5.97 Å². The van der Waals surface area contributed by atoms with Gasteiger partial charge in [0.25, 0.3) is 0 Å². The quantitative estimate of drug-likeness (QED) is 0.856. The van der Waals surface area contributed by atoms with E-state index in [1.807, 2.05) is 11.4 Å². The molecule has 0 atom stereocenters. The summed E-state index contributed by atoms with van der Waals surface area (Å²) in [4.78, 5) is 11.0. The van der Waals surface area contributed by atoms with Crippen molar-refractivity contribution in [2.24, 2.45) is 0 Å². The van der Waals surface area contributed by atoms with Crippen molar-refractivity contribution in [1.82, 2.24) is 15.0 Å². The number of aromatic carboxylic acids is 1. The molecule has 6 nitrogen and oxygen atoms in total. The highest BCUT2D eigenvalue weighted by molar-refractivity contribution is 7.07. The number of ether oxygens (including phenoxy) is 1. The van der Waals surface area contributed by atoms with Crippen LogP contribution in [-0.4, -0.2) is 33.2 Å². The molecule has 2 aromatic heterocycles. The molecule has 0 saturated heterocycles. The Morgan fingerprint density at radius 1 is 1.61 bits per heavy atom. The Morgan fingerprint density at radius 3 is 3.06 bits per heavy atom. The van der Waals surface area contributed by atoms with Gasteiger partial charge in [0.1, 0.15) is 0 Å². The third-order valence-corrected chi connectivity index (χ3v) is 3.25. The molecule has 0 aliphatic heterocycles. The molecular formula is C11H13N3O3S. The van der Waals surface area contributed by atoms with E-state index in [4.69, 9.17) is 9.84 Å². The van der Waals surface area contributed by atoms with Gasteiger partial charge in [-0.05, 0) is 28.8 Å². The number of hydrogen-bond donors (Lipinski definition) is 1. The number of aromatic nitrogens is 3. The summed E-state index contributed by atoms with van der Waals surface area (Å²) in [5.41, 5.74) is 1.66. The lowest BCUT2D eigenvalue weighted by Gasteiger charge is -2.05. The molecular weight excluding hydrogens is 254 g/mol. The zero-order valence-electron chi connectivity index (χ0n) is 9.87. The van der Waals surface area contributed by atoms with Crippen LogP contribution in [0.5, 0.6) is 0 Å². The van der Waals surface area contributed by atoms with Crippen LogP contribution in [0.4, 0.5) is 0 Å². The van der Waals surface area contributed by atoms with Gasteiger partial charge in [-0.15, -0.1) is 5.10 Å². The smallest absolute Gasteiger partial charge is 0.358 e. The zero-order chi connectivity index (χ0) is 13.0. The Kier molecular flexibility index (Phi) is 4.06. The Balaban J connectivity index is 2.14. The molecule has 2 rings (SSSR count). The normalized spacial score (nSPS) is 10.7. The Bertz CT molecular complexity index is 522. The van der Waals surface area contributed by atoms with E-state index >= 15 is 0 Å². The fraction of sp³-hybridized carbons (Fsp3) is 0.364. The van der Waals surface area contributed by atoms with Crippen molar-refractivity contribution >= 4 is 17.3 Å². The molecule has 0 fully saturated rings. The highest BCUT2D eigenvalue weighted by Crippen LogP contribution is 2.11. The predicted octanol–water partition coefficient (Wildman–Crippen LogP) is 1.43. The largest absolute Gasteiger partial charge is 0.476 e. The molecule has 0 aromatic carbocycles. The number of nitrogens with zero attached hydrogens (tertiary/aromatic N) is 3. The molecule has 2 heterocycles. The first kappa shape index (κ1) is 12.7. The maximum atomic E-state index is 11.0. The van der Waals surface area contributed by atoms with E-state index < -0.39 is 5.97 Å². The maximum Gasteiger partial charge on any atom is 0.358 e. The second kappa shape index (κ2) is 5.74. The Labute approximate surface area is 108 Å². The summed E-state index contributed by atoms with van der Waals surface area (Å²) < 4.78 is 6.58. The molecule has 2 aromatic rings. The van der Waals surface area contributed by atoms with Crippen LogP contribution < -0.4 is 0 Å². The lowest BCUT2D eigenvalue weighted by molar-refractivity contribution is 0.0684. The third kappa shape index (κ3) is 2.74. The van der Waals surface area contributed by atoms with Gasteiger partial charge in [-0.25, -0.2) is 9.48 Å². The molecule has 7 heteroatoms. The second-order valence-electron chi connectivity index (χ2n) is 3.73. The summed E-state index contributed by atoms with van der Waals surface area (Å²) >= 11 is 1.64. The number of hydrogen-bond acceptors (Lipinski definition) is 5. The van der Waals surface area contributed by atoms with Gasteiger partial charge in [-0.2, -0.15) is 11.3 Å². The van der Waals surface area contributed by atoms with E-state index in [2.05, 4.69) is 15.7 Å². The molecule has 0 saturated carbocycles. The van der Waals surface area contributed by atoms with Crippen LogP contribution in [0.3, 0.4) is 0 Å². The van der Waals surface area contributed by atoms with Gasteiger partial charge in [-0.3, -0.25) is 0 Å². The first-order chi connectivity index (χ1) is 8.72. The molecule has 18 heavy (non-hydrogen) atoms. The van der Waals surface area contributed by atoms with E-state index in [0.29, 0.717) is 12.2 Å². The lowest BCUT2D eigenvalue weighted by atomic mass is 10.2. The van der Waals surface area contributed by atoms with Crippen molar-refractivity contribution in [3.05, 3.63) is 33.8 Å². The van der Waals surface area contributed by atoms with Crippen molar-refractivity contribution in [3.8, 4) is 0 Å². The summed E-state index contributed by atoms with van der Waals surface area (Å²) in [7, 11) is 1.52. The van der Waals surface area contributed by atoms with Crippen molar-refractivity contribution in [3.63, 3.8) is 0 Å². The number of aryl methyl sites for hydroxylation is 2. The molecule has 0 radical (unpaired) electrons. The van der Waals surface area contributed by atoms with E-state index in [9.17, 15) is 4.79 Å². The van der Waals surface area contributed by atoms with Gasteiger partial charge in [0.2, 0.25) is 0 Å². The highest BCUT2D eigenvalue weighted by Gasteiger charge is 2.18. The predicted molar refractivity (Wildman–Crippen MR) is 65.7 cm³/mol. The van der Waals surface area contributed by atoms with E-state index in [-0.39, 0.29) is 12.3 Å². The minimum absolute atomic E-state index is 0.0397. The molecule has 0 bridgehead atoms. The molecule has 0 spiro atoms. The number of carboxylic acids is 1. The molecule has 0 aliphatic rings. The minimum Gasteiger partial charge on any atom is -0.476 e. The van der Waals surface area contributed by atoms with Crippen molar-refractivity contribution in [1.29, 1.82) is 0 Å². The first-order valence-electron chi connectivity index (χ1n) is 5.38. The van der Waals surface area contributed by atoms with Crippen molar-refractivity contribution in [2.75, 3.05) is 7.11 Å². The number of thiophene rings is 1. The van der Waals surface area contributed by atoms with Crippen LogP contribution in [0, 0.1) is 0 Å². The average molecular weight is 267 g/mol. The SMILES string of the molecule is COCc1c(C(=O)O)nnn1CCc1ccsc1. The third-order valence-electron chi connectivity index (χ3n) is 2.51. The van der Waals surface area contributed by atoms with Gasteiger partial charge in [0.15, 0.2) is 5.69 Å². The van der Waals surface area contributed by atoms with Crippen molar-refractivity contribution < 1.29 is 14.6 Å². The van der Waals surface area contributed by atoms with Crippen LogP contribution in [0.1, 0.15) is 21.7 Å². The molecule has 0 aliphatic carbocycles.